The summed E-state index contributed by atoms with van der Waals surface area (Å²) in [6.07, 6.45) is 8.64. The molecule has 1 saturated heterocycles. The molecule has 0 aliphatic carbocycles. The lowest BCUT2D eigenvalue weighted by atomic mass is 9.93. The molecular weight excluding hydrogens is 276 g/mol. The van der Waals surface area contributed by atoms with Crippen molar-refractivity contribution in [1.29, 1.82) is 0 Å². The van der Waals surface area contributed by atoms with E-state index in [-0.39, 0.29) is 5.91 Å². The second-order valence-electron chi connectivity index (χ2n) is 5.98. The first-order valence-corrected chi connectivity index (χ1v) is 7.88. The molecule has 3 rings (SSSR count). The lowest BCUT2D eigenvalue weighted by Gasteiger charge is -2.33. The molecular formula is C17H22N4O. The highest BCUT2D eigenvalue weighted by Gasteiger charge is 2.24. The van der Waals surface area contributed by atoms with Crippen LogP contribution >= 0.6 is 0 Å². The summed E-state index contributed by atoms with van der Waals surface area (Å²) in [5.74, 6) is 1.58. The van der Waals surface area contributed by atoms with Gasteiger partial charge in [0.05, 0.1) is 0 Å². The molecule has 1 aliphatic rings. The van der Waals surface area contributed by atoms with Crippen molar-refractivity contribution in [2.75, 3.05) is 13.1 Å². The monoisotopic (exact) mass is 298 g/mol. The van der Waals surface area contributed by atoms with E-state index in [9.17, 15) is 4.79 Å². The SMILES string of the molecule is Cc1nccn1CC(=O)N1CCC[C@H](Cc2ccccn2)C1. The lowest BCUT2D eigenvalue weighted by molar-refractivity contribution is -0.133. The number of carbonyl (C=O) groups excluding carboxylic acids is 1. The number of nitrogens with zero attached hydrogens (tertiary/aromatic N) is 4. The molecule has 0 spiro atoms. The number of hydrogen-bond acceptors (Lipinski definition) is 3. The van der Waals surface area contributed by atoms with Gasteiger partial charge in [-0.3, -0.25) is 9.78 Å². The van der Waals surface area contributed by atoms with Crippen LogP contribution in [0.15, 0.2) is 36.8 Å². The number of likely N-dealkylation sites (tertiary alicyclic amines) is 1. The number of imidazole rings is 1. The Hall–Kier alpha value is -2.17. The van der Waals surface area contributed by atoms with E-state index in [2.05, 4.69) is 16.0 Å². The van der Waals surface area contributed by atoms with Crippen LogP contribution in [0.1, 0.15) is 24.4 Å². The first kappa shape index (κ1) is 14.8. The normalized spacial score (nSPS) is 18.4. The van der Waals surface area contributed by atoms with Gasteiger partial charge in [-0.15, -0.1) is 0 Å². The van der Waals surface area contributed by atoms with Crippen molar-refractivity contribution in [2.45, 2.75) is 32.7 Å². The van der Waals surface area contributed by atoms with Crippen LogP contribution in [0.5, 0.6) is 0 Å². The molecule has 5 nitrogen and oxygen atoms in total. The zero-order valence-corrected chi connectivity index (χ0v) is 13.0. The van der Waals surface area contributed by atoms with E-state index in [0.29, 0.717) is 12.5 Å². The number of amides is 1. The van der Waals surface area contributed by atoms with E-state index in [4.69, 9.17) is 0 Å². The summed E-state index contributed by atoms with van der Waals surface area (Å²) in [7, 11) is 0. The van der Waals surface area contributed by atoms with Crippen LogP contribution in [0, 0.1) is 12.8 Å². The van der Waals surface area contributed by atoms with Crippen molar-refractivity contribution in [3.8, 4) is 0 Å². The van der Waals surface area contributed by atoms with Gasteiger partial charge in [-0.1, -0.05) is 6.07 Å². The van der Waals surface area contributed by atoms with Crippen molar-refractivity contribution < 1.29 is 4.79 Å². The van der Waals surface area contributed by atoms with Crippen molar-refractivity contribution in [2.24, 2.45) is 5.92 Å². The van der Waals surface area contributed by atoms with Gasteiger partial charge in [0.1, 0.15) is 12.4 Å². The van der Waals surface area contributed by atoms with E-state index < -0.39 is 0 Å². The fraction of sp³-hybridized carbons (Fsp3) is 0.471. The van der Waals surface area contributed by atoms with Gasteiger partial charge in [0.15, 0.2) is 0 Å². The number of rotatable bonds is 4. The first-order valence-electron chi connectivity index (χ1n) is 7.88. The summed E-state index contributed by atoms with van der Waals surface area (Å²) in [6, 6.07) is 6.03. The van der Waals surface area contributed by atoms with Gasteiger partial charge < -0.3 is 9.47 Å². The minimum atomic E-state index is 0.187. The molecule has 2 aromatic heterocycles. The topological polar surface area (TPSA) is 51.0 Å². The Morgan fingerprint density at radius 2 is 2.23 bits per heavy atom. The molecule has 2 aromatic rings. The van der Waals surface area contributed by atoms with Crippen molar-refractivity contribution >= 4 is 5.91 Å². The highest BCUT2D eigenvalue weighted by Crippen LogP contribution is 2.20. The summed E-state index contributed by atoms with van der Waals surface area (Å²) >= 11 is 0. The van der Waals surface area contributed by atoms with Crippen LogP contribution in [0.2, 0.25) is 0 Å². The molecule has 0 unspecified atom stereocenters. The molecule has 1 aliphatic heterocycles. The fourth-order valence-corrected chi connectivity index (χ4v) is 3.09. The molecule has 5 heteroatoms. The zero-order valence-electron chi connectivity index (χ0n) is 13.0. The molecule has 0 saturated carbocycles. The van der Waals surface area contributed by atoms with Crippen LogP contribution in [0.3, 0.4) is 0 Å². The number of piperidine rings is 1. The Bertz CT molecular complexity index is 623. The van der Waals surface area contributed by atoms with Gasteiger partial charge >= 0.3 is 0 Å². The Labute approximate surface area is 131 Å². The second-order valence-corrected chi connectivity index (χ2v) is 5.98. The van der Waals surface area contributed by atoms with Crippen molar-refractivity contribution in [1.82, 2.24) is 19.4 Å². The van der Waals surface area contributed by atoms with Crippen LogP contribution in [0.4, 0.5) is 0 Å². The van der Waals surface area contributed by atoms with E-state index in [0.717, 1.165) is 37.4 Å². The lowest BCUT2D eigenvalue weighted by Crippen LogP contribution is -2.42. The van der Waals surface area contributed by atoms with Crippen molar-refractivity contribution in [3.05, 3.63) is 48.3 Å². The van der Waals surface area contributed by atoms with E-state index in [1.807, 2.05) is 40.9 Å². The van der Waals surface area contributed by atoms with Gasteiger partial charge in [-0.2, -0.15) is 0 Å². The predicted octanol–water partition coefficient (Wildman–Crippen LogP) is 2.07. The largest absolute Gasteiger partial charge is 0.341 e. The molecule has 3 heterocycles. The summed E-state index contributed by atoms with van der Waals surface area (Å²) in [5.41, 5.74) is 1.12. The van der Waals surface area contributed by atoms with E-state index >= 15 is 0 Å². The number of hydrogen-bond donors (Lipinski definition) is 0. The highest BCUT2D eigenvalue weighted by molar-refractivity contribution is 5.76. The Morgan fingerprint density at radius 1 is 1.32 bits per heavy atom. The summed E-state index contributed by atoms with van der Waals surface area (Å²) in [6.45, 7) is 4.02. The molecule has 1 fully saturated rings. The maximum atomic E-state index is 12.5. The number of carbonyl (C=O) groups is 1. The highest BCUT2D eigenvalue weighted by atomic mass is 16.2. The Morgan fingerprint density at radius 3 is 2.95 bits per heavy atom. The molecule has 0 bridgehead atoms. The van der Waals surface area contributed by atoms with Gasteiger partial charge in [-0.05, 0) is 44.2 Å². The molecule has 1 atom stereocenters. The summed E-state index contributed by atoms with van der Waals surface area (Å²) < 4.78 is 1.91. The van der Waals surface area contributed by atoms with Crippen LogP contribution in [-0.2, 0) is 17.8 Å². The standard InChI is InChI=1S/C17H22N4O/c1-14-18-8-10-20(14)13-17(22)21-9-4-5-15(12-21)11-16-6-2-3-7-19-16/h2-3,6-8,10,15H,4-5,9,11-13H2,1H3/t15-/m1/s1. The van der Waals surface area contributed by atoms with Crippen LogP contribution < -0.4 is 0 Å². The molecule has 22 heavy (non-hydrogen) atoms. The van der Waals surface area contributed by atoms with Gasteiger partial charge in [0.25, 0.3) is 0 Å². The van der Waals surface area contributed by atoms with Crippen LogP contribution in [-0.4, -0.2) is 38.4 Å². The molecule has 1 amide bonds. The summed E-state index contributed by atoms with van der Waals surface area (Å²) in [4.78, 5) is 23.0. The Balaban J connectivity index is 1.58. The quantitative estimate of drug-likeness (QED) is 0.868. The number of aromatic nitrogens is 3. The molecule has 116 valence electrons. The van der Waals surface area contributed by atoms with E-state index in [1.165, 1.54) is 6.42 Å². The van der Waals surface area contributed by atoms with E-state index in [1.54, 1.807) is 6.20 Å². The minimum absolute atomic E-state index is 0.187. The molecule has 0 radical (unpaired) electrons. The summed E-state index contributed by atoms with van der Waals surface area (Å²) in [5, 5.41) is 0. The third kappa shape index (κ3) is 3.53. The smallest absolute Gasteiger partial charge is 0.242 e. The second kappa shape index (κ2) is 6.73. The maximum absolute atomic E-state index is 12.5. The third-order valence-electron chi connectivity index (χ3n) is 4.32. The number of pyridine rings is 1. The minimum Gasteiger partial charge on any atom is -0.341 e. The fourth-order valence-electron chi connectivity index (χ4n) is 3.09. The Kier molecular flexibility index (Phi) is 4.51. The van der Waals surface area contributed by atoms with Gasteiger partial charge in [0, 0.05) is 37.4 Å². The third-order valence-corrected chi connectivity index (χ3v) is 4.32. The number of aryl methyl sites for hydroxylation is 1. The zero-order chi connectivity index (χ0) is 15.4. The molecule has 0 aromatic carbocycles. The average molecular weight is 298 g/mol. The average Bonchev–Trinajstić information content (AvgIpc) is 2.94. The van der Waals surface area contributed by atoms with Gasteiger partial charge in [-0.25, -0.2) is 4.98 Å². The predicted molar refractivity (Wildman–Crippen MR) is 84.2 cm³/mol. The van der Waals surface area contributed by atoms with Gasteiger partial charge in [0.2, 0.25) is 5.91 Å². The van der Waals surface area contributed by atoms with Crippen LogP contribution in [0.25, 0.3) is 0 Å². The molecule has 0 N–H and O–H groups in total. The van der Waals surface area contributed by atoms with Crippen molar-refractivity contribution in [3.63, 3.8) is 0 Å². The maximum Gasteiger partial charge on any atom is 0.242 e. The first-order chi connectivity index (χ1) is 10.7.